The zero-order valence-electron chi connectivity index (χ0n) is 7.49. The van der Waals surface area contributed by atoms with Crippen LogP contribution in [0, 0.1) is 18.6 Å². The molecule has 0 aliphatic heterocycles. The van der Waals surface area contributed by atoms with Gasteiger partial charge in [0.2, 0.25) is 0 Å². The molecule has 1 aromatic carbocycles. The standard InChI is InChI=1S/C7H7F2N.C2H6/c1-4-6(8)2-5(10)3-7(4)9;1-2/h2-3H,10H2,1H3;1-2H3. The van der Waals surface area contributed by atoms with Gasteiger partial charge in [0.15, 0.2) is 0 Å². The van der Waals surface area contributed by atoms with Gasteiger partial charge in [0, 0.05) is 11.3 Å². The SMILES string of the molecule is CC.Cc1c(F)cc(N)cc1F. The molecule has 0 radical (unpaired) electrons. The summed E-state index contributed by atoms with van der Waals surface area (Å²) >= 11 is 0. The van der Waals surface area contributed by atoms with Crippen LogP contribution in [0.5, 0.6) is 0 Å². The van der Waals surface area contributed by atoms with E-state index in [1.807, 2.05) is 13.8 Å². The second-order valence-electron chi connectivity index (χ2n) is 2.11. The molecule has 1 rings (SSSR count). The van der Waals surface area contributed by atoms with Crippen LogP contribution in [-0.2, 0) is 0 Å². The Balaban J connectivity index is 0.000000561. The summed E-state index contributed by atoms with van der Waals surface area (Å²) in [6, 6.07) is 2.19. The fourth-order valence-corrected chi connectivity index (χ4v) is 0.665. The van der Waals surface area contributed by atoms with Crippen molar-refractivity contribution in [3.05, 3.63) is 29.3 Å². The van der Waals surface area contributed by atoms with Crippen LogP contribution in [0.15, 0.2) is 12.1 Å². The second-order valence-corrected chi connectivity index (χ2v) is 2.11. The average Bonchev–Trinajstić information content (AvgIpc) is 2.04. The smallest absolute Gasteiger partial charge is 0.131 e. The van der Waals surface area contributed by atoms with Gasteiger partial charge in [-0.2, -0.15) is 0 Å². The molecule has 3 heteroatoms. The fourth-order valence-electron chi connectivity index (χ4n) is 0.665. The molecule has 0 heterocycles. The van der Waals surface area contributed by atoms with Gasteiger partial charge in [-0.1, -0.05) is 13.8 Å². The van der Waals surface area contributed by atoms with Crippen molar-refractivity contribution in [2.45, 2.75) is 20.8 Å². The van der Waals surface area contributed by atoms with Crippen molar-refractivity contribution in [2.24, 2.45) is 0 Å². The lowest BCUT2D eigenvalue weighted by atomic mass is 10.2. The maximum Gasteiger partial charge on any atom is 0.131 e. The number of rotatable bonds is 0. The van der Waals surface area contributed by atoms with Crippen LogP contribution in [-0.4, -0.2) is 0 Å². The summed E-state index contributed by atoms with van der Waals surface area (Å²) in [6.07, 6.45) is 0. The molecule has 0 aliphatic carbocycles. The van der Waals surface area contributed by atoms with Crippen LogP contribution in [0.1, 0.15) is 19.4 Å². The van der Waals surface area contributed by atoms with E-state index in [2.05, 4.69) is 0 Å². The number of halogens is 2. The van der Waals surface area contributed by atoms with Gasteiger partial charge in [-0.15, -0.1) is 0 Å². The third-order valence-corrected chi connectivity index (χ3v) is 1.30. The zero-order chi connectivity index (χ0) is 9.72. The minimum absolute atomic E-state index is 0.00852. The van der Waals surface area contributed by atoms with Crippen molar-refractivity contribution in [3.63, 3.8) is 0 Å². The van der Waals surface area contributed by atoms with E-state index in [-0.39, 0.29) is 11.3 Å². The van der Waals surface area contributed by atoms with Crippen LogP contribution in [0.4, 0.5) is 14.5 Å². The second kappa shape index (κ2) is 4.70. The number of nitrogen functional groups attached to an aromatic ring is 1. The summed E-state index contributed by atoms with van der Waals surface area (Å²) in [4.78, 5) is 0. The summed E-state index contributed by atoms with van der Waals surface area (Å²) in [5.41, 5.74) is 5.27. The summed E-state index contributed by atoms with van der Waals surface area (Å²) < 4.78 is 25.0. The third kappa shape index (κ3) is 2.49. The van der Waals surface area contributed by atoms with E-state index >= 15 is 0 Å². The minimum Gasteiger partial charge on any atom is -0.399 e. The molecule has 0 saturated heterocycles. The Morgan fingerprint density at radius 2 is 1.42 bits per heavy atom. The summed E-state index contributed by atoms with van der Waals surface area (Å²) in [6.45, 7) is 5.37. The van der Waals surface area contributed by atoms with Gasteiger partial charge in [0.25, 0.3) is 0 Å². The summed E-state index contributed by atoms with van der Waals surface area (Å²) in [5, 5.41) is 0. The lowest BCUT2D eigenvalue weighted by Gasteiger charge is -1.98. The van der Waals surface area contributed by atoms with Gasteiger partial charge in [0.1, 0.15) is 11.6 Å². The van der Waals surface area contributed by atoms with Crippen molar-refractivity contribution in [2.75, 3.05) is 5.73 Å². The van der Waals surface area contributed by atoms with Crippen LogP contribution >= 0.6 is 0 Å². The highest BCUT2D eigenvalue weighted by Gasteiger charge is 2.03. The van der Waals surface area contributed by atoms with E-state index in [4.69, 9.17) is 5.73 Å². The normalized spacial score (nSPS) is 8.75. The molecule has 1 nitrogen and oxygen atoms in total. The lowest BCUT2D eigenvalue weighted by molar-refractivity contribution is 0.569. The fraction of sp³-hybridized carbons (Fsp3) is 0.333. The van der Waals surface area contributed by atoms with Crippen LogP contribution in [0.3, 0.4) is 0 Å². The van der Waals surface area contributed by atoms with Gasteiger partial charge in [-0.05, 0) is 19.1 Å². The van der Waals surface area contributed by atoms with Gasteiger partial charge >= 0.3 is 0 Å². The highest BCUT2D eigenvalue weighted by atomic mass is 19.1. The topological polar surface area (TPSA) is 26.0 Å². The van der Waals surface area contributed by atoms with Crippen molar-refractivity contribution in [3.8, 4) is 0 Å². The molecule has 0 amide bonds. The Bertz CT molecular complexity index is 236. The van der Waals surface area contributed by atoms with E-state index < -0.39 is 11.6 Å². The maximum atomic E-state index is 12.5. The third-order valence-electron chi connectivity index (χ3n) is 1.30. The molecular weight excluding hydrogens is 160 g/mol. The quantitative estimate of drug-likeness (QED) is 0.600. The van der Waals surface area contributed by atoms with E-state index in [1.165, 1.54) is 6.92 Å². The number of hydrogen-bond acceptors (Lipinski definition) is 1. The van der Waals surface area contributed by atoms with E-state index in [0.717, 1.165) is 12.1 Å². The minimum atomic E-state index is -0.600. The van der Waals surface area contributed by atoms with Crippen molar-refractivity contribution >= 4 is 5.69 Å². The predicted molar refractivity (Wildman–Crippen MR) is 46.9 cm³/mol. The molecular formula is C9H13F2N. The highest BCUT2D eigenvalue weighted by molar-refractivity contribution is 5.40. The molecule has 2 N–H and O–H groups in total. The maximum absolute atomic E-state index is 12.5. The molecule has 12 heavy (non-hydrogen) atoms. The lowest BCUT2D eigenvalue weighted by Crippen LogP contribution is -1.92. The first-order valence-electron chi connectivity index (χ1n) is 3.82. The van der Waals surface area contributed by atoms with Crippen LogP contribution in [0.25, 0.3) is 0 Å². The highest BCUT2D eigenvalue weighted by Crippen LogP contribution is 2.14. The molecule has 0 aromatic heterocycles. The molecule has 0 fully saturated rings. The van der Waals surface area contributed by atoms with Gasteiger partial charge in [-0.25, -0.2) is 8.78 Å². The predicted octanol–water partition coefficient (Wildman–Crippen LogP) is 2.88. The Labute approximate surface area is 71.2 Å². The number of hydrogen-bond donors (Lipinski definition) is 1. The molecule has 0 unspecified atom stereocenters. The average molecular weight is 173 g/mol. The molecule has 1 aromatic rings. The number of benzene rings is 1. The molecule has 0 atom stereocenters. The van der Waals surface area contributed by atoms with Gasteiger partial charge in [-0.3, -0.25) is 0 Å². The van der Waals surface area contributed by atoms with E-state index in [0.29, 0.717) is 0 Å². The monoisotopic (exact) mass is 173 g/mol. The largest absolute Gasteiger partial charge is 0.399 e. The van der Waals surface area contributed by atoms with Gasteiger partial charge in [0.05, 0.1) is 0 Å². The van der Waals surface area contributed by atoms with Crippen molar-refractivity contribution in [1.29, 1.82) is 0 Å². The van der Waals surface area contributed by atoms with Crippen molar-refractivity contribution < 1.29 is 8.78 Å². The van der Waals surface area contributed by atoms with Crippen LogP contribution in [0.2, 0.25) is 0 Å². The molecule has 0 aliphatic rings. The first-order valence-corrected chi connectivity index (χ1v) is 3.82. The first-order chi connectivity index (χ1) is 5.61. The Kier molecular flexibility index (Phi) is 4.26. The summed E-state index contributed by atoms with van der Waals surface area (Å²) in [5.74, 6) is -1.20. The summed E-state index contributed by atoms with van der Waals surface area (Å²) in [7, 11) is 0. The number of anilines is 1. The Hall–Kier alpha value is -1.12. The van der Waals surface area contributed by atoms with E-state index in [9.17, 15) is 8.78 Å². The van der Waals surface area contributed by atoms with Crippen LogP contribution < -0.4 is 5.73 Å². The number of nitrogens with two attached hydrogens (primary N) is 1. The Morgan fingerprint density at radius 3 is 1.75 bits per heavy atom. The zero-order valence-corrected chi connectivity index (χ0v) is 7.49. The molecule has 68 valence electrons. The van der Waals surface area contributed by atoms with Crippen molar-refractivity contribution in [1.82, 2.24) is 0 Å². The van der Waals surface area contributed by atoms with E-state index in [1.54, 1.807) is 0 Å². The first kappa shape index (κ1) is 10.9. The Morgan fingerprint density at radius 1 is 1.08 bits per heavy atom. The molecule has 0 spiro atoms. The van der Waals surface area contributed by atoms with Gasteiger partial charge < -0.3 is 5.73 Å². The molecule has 0 bridgehead atoms. The molecule has 0 saturated carbocycles.